The van der Waals surface area contributed by atoms with Gasteiger partial charge in [-0.15, -0.1) is 0 Å². The van der Waals surface area contributed by atoms with Gasteiger partial charge in [-0.2, -0.15) is 4.98 Å². The summed E-state index contributed by atoms with van der Waals surface area (Å²) in [6, 6.07) is 13.8. The minimum atomic E-state index is -2.90. The first-order valence-corrected chi connectivity index (χ1v) is 12.5. The van der Waals surface area contributed by atoms with Crippen molar-refractivity contribution in [3.05, 3.63) is 80.6 Å². The maximum atomic E-state index is 12.0. The van der Waals surface area contributed by atoms with Crippen LogP contribution < -0.4 is 10.1 Å². The van der Waals surface area contributed by atoms with Gasteiger partial charge in [0.05, 0.1) is 4.92 Å². The Labute approximate surface area is 214 Å². The van der Waals surface area contributed by atoms with Crippen molar-refractivity contribution in [1.29, 1.82) is 0 Å². The number of aromatic nitrogens is 2. The molecule has 0 atom stereocenters. The lowest BCUT2D eigenvalue weighted by Crippen LogP contribution is -2.21. The number of carbonyl (C=O) groups is 1. The van der Waals surface area contributed by atoms with Crippen molar-refractivity contribution in [2.75, 3.05) is 19.4 Å². The van der Waals surface area contributed by atoms with E-state index in [-0.39, 0.29) is 36.3 Å². The van der Waals surface area contributed by atoms with Crippen LogP contribution >= 0.6 is 11.6 Å². The largest absolute Gasteiger partial charge is 0.433 e. The minimum absolute atomic E-state index is 0.0746. The van der Waals surface area contributed by atoms with Crippen LogP contribution in [0.1, 0.15) is 23.4 Å². The highest BCUT2D eigenvalue weighted by Crippen LogP contribution is 2.36. The Morgan fingerprint density at radius 3 is 2.50 bits per heavy atom. The Balaban J connectivity index is 1.97. The van der Waals surface area contributed by atoms with Crippen molar-refractivity contribution in [3.8, 4) is 11.6 Å². The van der Waals surface area contributed by atoms with Gasteiger partial charge >= 0.3 is 11.6 Å². The smallest absolute Gasteiger partial charge is 0.373 e. The number of hydrogen-bond donors (Lipinski definition) is 2. The summed E-state index contributed by atoms with van der Waals surface area (Å²) in [6.07, 6.45) is 0.597. The molecule has 36 heavy (non-hydrogen) atoms. The number of aryl methyl sites for hydroxylation is 1. The van der Waals surface area contributed by atoms with Gasteiger partial charge in [0.15, 0.2) is 0 Å². The molecule has 0 aliphatic rings. The predicted molar refractivity (Wildman–Crippen MR) is 135 cm³/mol. The van der Waals surface area contributed by atoms with Crippen molar-refractivity contribution in [2.45, 2.75) is 25.1 Å². The number of amides is 1. The van der Waals surface area contributed by atoms with Crippen LogP contribution in [-0.4, -0.2) is 48.2 Å². The Morgan fingerprint density at radius 1 is 1.14 bits per heavy atom. The second-order valence-corrected chi connectivity index (χ2v) is 9.33. The second kappa shape index (κ2) is 12.3. The van der Waals surface area contributed by atoms with Crippen molar-refractivity contribution >= 4 is 39.7 Å². The molecule has 0 saturated heterocycles. The fraction of sp³-hybridized carbons (Fsp3) is 0.261. The quantitative estimate of drug-likeness (QED) is 0.214. The van der Waals surface area contributed by atoms with Gasteiger partial charge in [-0.3, -0.25) is 14.9 Å². The summed E-state index contributed by atoms with van der Waals surface area (Å²) < 4.78 is 28.4. The van der Waals surface area contributed by atoms with Gasteiger partial charge < -0.3 is 15.0 Å². The molecule has 1 amide bonds. The van der Waals surface area contributed by atoms with Crippen LogP contribution in [0, 0.1) is 10.1 Å². The van der Waals surface area contributed by atoms with E-state index in [4.69, 9.17) is 16.3 Å². The molecule has 1 N–H and O–H groups in total. The fourth-order valence-electron chi connectivity index (χ4n) is 3.22. The number of hydrogen-bond acceptors (Lipinski definition) is 9. The molecule has 0 aliphatic carbocycles. The lowest BCUT2D eigenvalue weighted by Gasteiger charge is -2.13. The third-order valence-electron chi connectivity index (χ3n) is 4.93. The van der Waals surface area contributed by atoms with E-state index < -0.39 is 32.9 Å². The summed E-state index contributed by atoms with van der Waals surface area (Å²) in [5.74, 6) is -1.25. The topological polar surface area (TPSA) is 145 Å². The predicted octanol–water partition coefficient (Wildman–Crippen LogP) is 3.57. The maximum Gasteiger partial charge on any atom is 0.373 e. The number of ether oxygens (including phenoxy) is 1. The van der Waals surface area contributed by atoms with Gasteiger partial charge in [0.25, 0.3) is 0 Å². The van der Waals surface area contributed by atoms with E-state index in [0.717, 1.165) is 5.56 Å². The molecule has 13 heteroatoms. The van der Waals surface area contributed by atoms with Gasteiger partial charge in [0, 0.05) is 32.1 Å². The van der Waals surface area contributed by atoms with Gasteiger partial charge in [-0.05, 0) is 35.7 Å². The van der Waals surface area contributed by atoms with Gasteiger partial charge in [-0.25, -0.2) is 13.4 Å². The van der Waals surface area contributed by atoms with E-state index in [0.29, 0.717) is 17.0 Å². The number of anilines is 1. The van der Waals surface area contributed by atoms with E-state index in [2.05, 4.69) is 15.3 Å². The molecule has 0 spiro atoms. The summed E-state index contributed by atoms with van der Waals surface area (Å²) >= 11 is 6.21. The maximum absolute atomic E-state index is 12.0. The van der Waals surface area contributed by atoms with E-state index in [1.54, 1.807) is 26.2 Å². The van der Waals surface area contributed by atoms with Crippen molar-refractivity contribution < 1.29 is 22.9 Å². The Morgan fingerprint density at radius 2 is 1.86 bits per heavy atom. The number of nitro groups is 1. The highest BCUT2D eigenvalue weighted by molar-refractivity contribution is 7.71. The highest BCUT2D eigenvalue weighted by atomic mass is 35.5. The molecule has 2 aromatic carbocycles. The molecule has 0 fully saturated rings. The molecule has 0 unspecified atom stereocenters. The summed E-state index contributed by atoms with van der Waals surface area (Å²) in [6.45, 7) is 0.197. The molecule has 190 valence electrons. The van der Waals surface area contributed by atoms with Gasteiger partial charge in [0.2, 0.25) is 11.7 Å². The van der Waals surface area contributed by atoms with Crippen LogP contribution in [-0.2, 0) is 34.2 Å². The minimum Gasteiger partial charge on any atom is -0.433 e. The molecule has 0 saturated carbocycles. The molecule has 3 aromatic rings. The molecule has 1 aromatic heterocycles. The zero-order valence-corrected chi connectivity index (χ0v) is 21.2. The lowest BCUT2D eigenvalue weighted by molar-refractivity contribution is -0.385. The van der Waals surface area contributed by atoms with Crippen LogP contribution in [0.3, 0.4) is 0 Å². The summed E-state index contributed by atoms with van der Waals surface area (Å²) in [5, 5.41) is 15.1. The number of nitrogens with one attached hydrogen (secondary N) is 1. The van der Waals surface area contributed by atoms with Crippen LogP contribution in [0.4, 0.5) is 11.5 Å². The van der Waals surface area contributed by atoms with E-state index in [1.807, 2.05) is 30.3 Å². The van der Waals surface area contributed by atoms with Gasteiger partial charge in [0.1, 0.15) is 28.0 Å². The number of rotatable bonds is 11. The van der Waals surface area contributed by atoms with E-state index in [1.165, 1.54) is 11.0 Å². The molecular weight excluding hydrogens is 510 g/mol. The molecule has 0 bridgehead atoms. The molecule has 3 rings (SSSR count). The van der Waals surface area contributed by atoms with Crippen LogP contribution in [0.15, 0.2) is 48.5 Å². The standard InChI is InChI=1S/C23H24ClN5O6S/c1-28(2)20(30)9-8-16-10-17(24)12-18(11-16)35-23-21(29(31)32)22(26-19(27-23)14-36(33)34)25-13-15-6-4-3-5-7-15/h3-7,10-12,36H,8-9,13-14H2,1-2H3,(H,25,26,27). The number of halogens is 1. The fourth-order valence-corrected chi connectivity index (χ4v) is 3.84. The average molecular weight is 534 g/mol. The van der Waals surface area contributed by atoms with Gasteiger partial charge in [-0.1, -0.05) is 41.9 Å². The first kappa shape index (κ1) is 26.8. The SMILES string of the molecule is CN(C)C(=O)CCc1cc(Cl)cc(Oc2nc(C[SH](=O)=O)nc(NCc3ccccc3)c2[N+](=O)[O-])c1. The first-order valence-electron chi connectivity index (χ1n) is 10.7. The van der Waals surface area contributed by atoms with Crippen molar-refractivity contribution in [3.63, 3.8) is 0 Å². The Bertz CT molecular complexity index is 1330. The van der Waals surface area contributed by atoms with E-state index >= 15 is 0 Å². The van der Waals surface area contributed by atoms with Crippen molar-refractivity contribution in [1.82, 2.24) is 14.9 Å². The molecule has 0 radical (unpaired) electrons. The molecule has 1 heterocycles. The van der Waals surface area contributed by atoms with Crippen LogP contribution in [0.2, 0.25) is 5.02 Å². The molecule has 0 aliphatic heterocycles. The Kier molecular flexibility index (Phi) is 9.14. The zero-order valence-electron chi connectivity index (χ0n) is 19.5. The number of thiol groups is 1. The van der Waals surface area contributed by atoms with Crippen molar-refractivity contribution in [2.24, 2.45) is 0 Å². The third-order valence-corrected chi connectivity index (χ3v) is 5.69. The van der Waals surface area contributed by atoms with Crippen LogP contribution in [0.5, 0.6) is 11.6 Å². The van der Waals surface area contributed by atoms with Crippen LogP contribution in [0.25, 0.3) is 0 Å². The lowest BCUT2D eigenvalue weighted by atomic mass is 10.1. The summed E-state index contributed by atoms with van der Waals surface area (Å²) in [4.78, 5) is 32.7. The summed E-state index contributed by atoms with van der Waals surface area (Å²) in [5.41, 5.74) is 0.950. The highest BCUT2D eigenvalue weighted by Gasteiger charge is 2.27. The number of benzene rings is 2. The Hall–Kier alpha value is -3.77. The zero-order chi connectivity index (χ0) is 26.2. The summed E-state index contributed by atoms with van der Waals surface area (Å²) in [7, 11) is 0.404. The number of nitrogens with zero attached hydrogens (tertiary/aromatic N) is 4. The molecule has 11 nitrogen and oxygen atoms in total. The normalized spacial score (nSPS) is 10.8. The molecular formula is C23H24ClN5O6S. The average Bonchev–Trinajstić information content (AvgIpc) is 2.80. The third kappa shape index (κ3) is 7.62. The monoisotopic (exact) mass is 533 g/mol. The first-order chi connectivity index (χ1) is 17.1. The number of carbonyl (C=O) groups excluding carboxylic acids is 1. The van der Waals surface area contributed by atoms with E-state index in [9.17, 15) is 23.3 Å². The second-order valence-electron chi connectivity index (χ2n) is 7.91.